The molecule has 3 N–H and O–H groups in total. The molecule has 560 valence electrons. The van der Waals surface area contributed by atoms with Crippen molar-refractivity contribution in [1.29, 1.82) is 0 Å². The Morgan fingerprint density at radius 3 is 1.96 bits per heavy atom. The van der Waals surface area contributed by atoms with Crippen LogP contribution < -0.4 is 30.4 Å². The molecule has 9 rings (SSSR count). The fraction of sp³-hybridized carbons (Fsp3) is 0.444. The molecule has 0 spiro atoms. The summed E-state index contributed by atoms with van der Waals surface area (Å²) in [5.74, 6) is -4.37. The highest BCUT2D eigenvalue weighted by Gasteiger charge is 2.51. The summed E-state index contributed by atoms with van der Waals surface area (Å²) in [4.78, 5) is 92.2. The van der Waals surface area contributed by atoms with E-state index in [0.29, 0.717) is 21.5 Å². The van der Waals surface area contributed by atoms with Crippen LogP contribution in [-0.2, 0) is 58.7 Å². The molecule has 6 aromatic rings. The smallest absolute Gasteiger partial charge is 0.418 e. The molecule has 5 amide bonds. The predicted molar refractivity (Wildman–Crippen MR) is 393 cm³/mol. The Kier molecular flexibility index (Phi) is 28.5. The van der Waals surface area contributed by atoms with Gasteiger partial charge in [-0.3, -0.25) is 19.2 Å². The molecule has 104 heavy (non-hydrogen) atoms. The number of fused-ring (bicyclic) bond motifs is 2. The normalized spacial score (nSPS) is 16.0. The van der Waals surface area contributed by atoms with Gasteiger partial charge in [-0.1, -0.05) is 165 Å². The Balaban J connectivity index is 0.000000263. The molecule has 5 aromatic carbocycles. The summed E-state index contributed by atoms with van der Waals surface area (Å²) in [5.41, 5.74) is 4.49. The number of anilines is 3. The lowest BCUT2D eigenvalue weighted by Gasteiger charge is -2.33. The minimum Gasteiger partial charge on any atom is -0.495 e. The molecule has 4 atom stereocenters. The number of aryl methyl sites for hydroxylation is 2. The zero-order chi connectivity index (χ0) is 75.5. The first-order chi connectivity index (χ1) is 49.8. The quantitative estimate of drug-likeness (QED) is 0.0246. The lowest BCUT2D eigenvalue weighted by molar-refractivity contribution is -0.133. The third-order valence-electron chi connectivity index (χ3n) is 17.5. The highest BCUT2D eigenvalue weighted by molar-refractivity contribution is 7.90. The van der Waals surface area contributed by atoms with Gasteiger partial charge in [0.15, 0.2) is 36.0 Å². The molecule has 1 fully saturated rings. The SMILES string of the molecule is CCC(Oc1ccc(C)cc1C)C(=O)NN1C(C(C(=O)Nc2cc(S(=O)(=O)N(CC)CC)ccc2Cl)n2cncn2)=Nc2ccccc2S1(=O)=O.CCCCCCCCCCCCCCOC(=O)c1ccc(OC)c(NC(=O)C(C2=NS(=O)(=O)c3ccccc3N2C)N2C(=O)OC(CCCC)C2=O)c1. The van der Waals surface area contributed by atoms with Gasteiger partial charge in [0.2, 0.25) is 10.0 Å². The zero-order valence-corrected chi connectivity index (χ0v) is 63.1. The highest BCUT2D eigenvalue weighted by Crippen LogP contribution is 2.38. The number of hydrogen-bond donors (Lipinski definition) is 3. The number of hydrazine groups is 1. The van der Waals surface area contributed by atoms with Crippen molar-refractivity contribution in [3.8, 4) is 11.5 Å². The van der Waals surface area contributed by atoms with Gasteiger partial charge in [-0.15, -0.1) is 4.40 Å². The van der Waals surface area contributed by atoms with Crippen LogP contribution in [0.25, 0.3) is 0 Å². The van der Waals surface area contributed by atoms with Crippen LogP contribution in [0.15, 0.2) is 140 Å². The molecule has 0 saturated carbocycles. The number of likely N-dealkylation sites (N-methyl/N-ethyl adjacent to an activating group) is 1. The van der Waals surface area contributed by atoms with Crippen molar-refractivity contribution in [3.05, 3.63) is 137 Å². The number of sulfonamides is 3. The van der Waals surface area contributed by atoms with Crippen LogP contribution in [0.5, 0.6) is 11.5 Å². The molecule has 1 aromatic heterocycles. The van der Waals surface area contributed by atoms with Gasteiger partial charge in [-0.25, -0.2) is 43.0 Å². The molecule has 3 aliphatic heterocycles. The summed E-state index contributed by atoms with van der Waals surface area (Å²) >= 11 is 6.43. The van der Waals surface area contributed by atoms with Gasteiger partial charge in [0.05, 0.1) is 51.9 Å². The first-order valence-electron chi connectivity index (χ1n) is 34.9. The van der Waals surface area contributed by atoms with Crippen LogP contribution >= 0.6 is 11.6 Å². The summed E-state index contributed by atoms with van der Waals surface area (Å²) in [5, 5.41) is 9.34. The molecule has 0 aliphatic carbocycles. The fourth-order valence-electron chi connectivity index (χ4n) is 11.9. The minimum absolute atomic E-state index is 0.000156. The highest BCUT2D eigenvalue weighted by atomic mass is 35.5. The molecule has 4 heterocycles. The number of para-hydroxylation sites is 2. The van der Waals surface area contributed by atoms with Crippen molar-refractivity contribution < 1.29 is 73.0 Å². The summed E-state index contributed by atoms with van der Waals surface area (Å²) in [6.07, 6.45) is 14.8. The Labute approximate surface area is 613 Å². The Hall–Kier alpha value is -9.30. The second kappa shape index (κ2) is 36.9. The number of nitrogens with one attached hydrogen (secondary N) is 3. The molecular weight excluding hydrogens is 1420 g/mol. The summed E-state index contributed by atoms with van der Waals surface area (Å²) < 4.78 is 111. The first-order valence-corrected chi connectivity index (χ1v) is 39.6. The van der Waals surface area contributed by atoms with E-state index in [2.05, 4.69) is 42.5 Å². The van der Waals surface area contributed by atoms with E-state index in [1.165, 1.54) is 154 Å². The van der Waals surface area contributed by atoms with E-state index >= 15 is 0 Å². The summed E-state index contributed by atoms with van der Waals surface area (Å²) in [6.45, 7) is 13.6. The molecule has 4 unspecified atom stereocenters. The lowest BCUT2D eigenvalue weighted by atomic mass is 10.1. The molecule has 32 heteroatoms. The van der Waals surface area contributed by atoms with Crippen LogP contribution in [0.1, 0.15) is 165 Å². The van der Waals surface area contributed by atoms with Gasteiger partial charge in [0, 0.05) is 20.1 Å². The van der Waals surface area contributed by atoms with E-state index in [1.54, 1.807) is 39.0 Å². The van der Waals surface area contributed by atoms with Crippen LogP contribution in [0.4, 0.5) is 27.5 Å². The second-order valence-electron chi connectivity index (χ2n) is 25.0. The van der Waals surface area contributed by atoms with Gasteiger partial charge in [0.1, 0.15) is 33.9 Å². The number of amidine groups is 2. The number of hydrogen-bond acceptors (Lipinski definition) is 20. The van der Waals surface area contributed by atoms with Gasteiger partial charge in [-0.2, -0.15) is 30.7 Å². The second-order valence-corrected chi connectivity index (χ2v) is 30.6. The monoisotopic (exact) mass is 1510 g/mol. The number of carbonyl (C=O) groups excluding carboxylic acids is 6. The van der Waals surface area contributed by atoms with Gasteiger partial charge >= 0.3 is 12.1 Å². The van der Waals surface area contributed by atoms with Crippen LogP contribution in [0, 0.1) is 13.8 Å². The van der Waals surface area contributed by atoms with Gasteiger partial charge in [0.25, 0.3) is 43.7 Å². The molecule has 1 saturated heterocycles. The van der Waals surface area contributed by atoms with Crippen LogP contribution in [0.3, 0.4) is 0 Å². The number of carbonyl (C=O) groups is 6. The Morgan fingerprint density at radius 1 is 0.702 bits per heavy atom. The molecular formula is C72H91ClN12O16S3. The van der Waals surface area contributed by atoms with Gasteiger partial charge in [-0.05, 0) is 112 Å². The van der Waals surface area contributed by atoms with E-state index in [1.807, 2.05) is 32.9 Å². The summed E-state index contributed by atoms with van der Waals surface area (Å²) in [6, 6.07) is 22.0. The van der Waals surface area contributed by atoms with E-state index in [0.717, 1.165) is 54.2 Å². The number of amides is 5. The van der Waals surface area contributed by atoms with Crippen molar-refractivity contribution in [1.82, 2.24) is 33.8 Å². The van der Waals surface area contributed by atoms with E-state index in [4.69, 9.17) is 30.5 Å². The van der Waals surface area contributed by atoms with E-state index in [-0.39, 0.29) is 92.1 Å². The van der Waals surface area contributed by atoms with Crippen molar-refractivity contribution in [2.24, 2.45) is 9.39 Å². The number of aliphatic imine (C=N–C) groups is 1. The van der Waals surface area contributed by atoms with Gasteiger partial charge < -0.3 is 34.5 Å². The third kappa shape index (κ3) is 19.4. The number of rotatable bonds is 35. The Bertz CT molecular complexity index is 4480. The maximum atomic E-state index is 14.3. The van der Waals surface area contributed by atoms with Crippen molar-refractivity contribution >= 4 is 112 Å². The average Bonchev–Trinajstić information content (AvgIpc) is 1.16. The Morgan fingerprint density at radius 2 is 1.33 bits per heavy atom. The first kappa shape index (κ1) is 80.4. The third-order valence-corrected chi connectivity index (χ3v) is 22.9. The average molecular weight is 1510 g/mol. The van der Waals surface area contributed by atoms with Crippen molar-refractivity contribution in [3.63, 3.8) is 0 Å². The molecule has 0 bridgehead atoms. The van der Waals surface area contributed by atoms with Crippen molar-refractivity contribution in [2.75, 3.05) is 49.4 Å². The van der Waals surface area contributed by atoms with Crippen molar-refractivity contribution in [2.45, 2.75) is 190 Å². The van der Waals surface area contributed by atoms with Crippen LogP contribution in [-0.4, -0.2) is 153 Å². The number of nitrogens with zero attached hydrogens (tertiary/aromatic N) is 9. The zero-order valence-electron chi connectivity index (χ0n) is 59.9. The van der Waals surface area contributed by atoms with E-state index in [9.17, 15) is 54.0 Å². The number of imide groups is 1. The summed E-state index contributed by atoms with van der Waals surface area (Å²) in [7, 11) is -10.0. The molecule has 3 aliphatic rings. The standard InChI is InChI=1S/C39H54N4O9S.C33H37ClN8O7S2/c1-5-7-9-10-11-12-13-14-15-16-17-20-26-51-38(46)28-24-25-31(50-4)29(27-28)40-36(44)34(43-37(45)32(22-8-6-2)52-39(43)47)35-41-53(48,49)33-23-19-18-21-30(33)42(35)3;1-6-27(49-28-16-13-21(4)17-22(28)5)32(43)39-42-31(37-25-11-9-10-12-29(25)51(42,47)48)30(41-20-35-19-36-41)33(44)38-26-18-23(14-15-24(26)34)50(45,46)40(7-2)8-3/h18-19,21,23-25,27,32,34H,5-17,20,22,26H2,1-4H3,(H,40,44);9-20,27,30H,6-8H2,1-5H3,(H,38,44)(H,39,43). The molecule has 0 radical (unpaired) electrons. The van der Waals surface area contributed by atoms with Crippen LogP contribution in [0.2, 0.25) is 5.02 Å². The number of unbranched alkanes of at least 4 members (excludes halogenated alkanes) is 12. The number of esters is 1. The number of aromatic nitrogens is 3. The maximum Gasteiger partial charge on any atom is 0.418 e. The number of methoxy groups -OCH3 is 1. The number of cyclic esters (lactones) is 1. The number of ether oxygens (including phenoxy) is 4. The minimum atomic E-state index is -4.58. The van der Waals surface area contributed by atoms with E-state index < -0.39 is 95.9 Å². The molecule has 28 nitrogen and oxygen atoms in total. The fourth-order valence-corrected chi connectivity index (χ4v) is 16.3. The number of benzene rings is 5. The maximum absolute atomic E-state index is 14.3. The number of halogens is 1. The topological polar surface area (TPSA) is 346 Å². The lowest BCUT2D eigenvalue weighted by Crippen LogP contribution is -2.57. The largest absolute Gasteiger partial charge is 0.495 e. The predicted octanol–water partition coefficient (Wildman–Crippen LogP) is 12.0.